The SMILES string of the molecule is Cn1[nH]cc(Br)c1=O. The first-order valence-electron chi connectivity index (χ1n) is 2.11. The molecule has 3 nitrogen and oxygen atoms in total. The normalized spacial score (nSPS) is 9.75. The lowest BCUT2D eigenvalue weighted by Gasteiger charge is -1.80. The van der Waals surface area contributed by atoms with Crippen LogP contribution >= 0.6 is 15.9 Å². The number of nitrogens with zero attached hydrogens (tertiary/aromatic N) is 1. The molecule has 0 atom stereocenters. The van der Waals surface area contributed by atoms with Crippen molar-refractivity contribution in [3.63, 3.8) is 0 Å². The van der Waals surface area contributed by atoms with Gasteiger partial charge in [-0.25, -0.2) is 0 Å². The number of aryl methyl sites for hydroxylation is 1. The van der Waals surface area contributed by atoms with Crippen LogP contribution in [0.4, 0.5) is 0 Å². The van der Waals surface area contributed by atoms with Crippen LogP contribution in [-0.2, 0) is 7.05 Å². The van der Waals surface area contributed by atoms with Crippen LogP contribution in [0.25, 0.3) is 0 Å². The molecule has 0 unspecified atom stereocenters. The number of hydrogen-bond acceptors (Lipinski definition) is 1. The van der Waals surface area contributed by atoms with Gasteiger partial charge in [-0.05, 0) is 15.9 Å². The molecule has 0 saturated carbocycles. The molecule has 0 bridgehead atoms. The summed E-state index contributed by atoms with van der Waals surface area (Å²) in [6.07, 6.45) is 1.60. The fourth-order valence-electron chi connectivity index (χ4n) is 0.434. The quantitative estimate of drug-likeness (QED) is 0.614. The summed E-state index contributed by atoms with van der Waals surface area (Å²) in [6.45, 7) is 0. The summed E-state index contributed by atoms with van der Waals surface area (Å²) >= 11 is 3.05. The van der Waals surface area contributed by atoms with Crippen molar-refractivity contribution in [3.05, 3.63) is 21.0 Å². The van der Waals surface area contributed by atoms with Crippen molar-refractivity contribution in [1.29, 1.82) is 0 Å². The van der Waals surface area contributed by atoms with E-state index in [0.29, 0.717) is 4.47 Å². The van der Waals surface area contributed by atoms with Gasteiger partial charge in [-0.3, -0.25) is 9.48 Å². The minimum atomic E-state index is -0.0370. The number of hydrogen-bond donors (Lipinski definition) is 1. The molecular formula is C4H5BrN2O. The fraction of sp³-hybridized carbons (Fsp3) is 0.250. The molecule has 0 aromatic carbocycles. The number of rotatable bonds is 0. The highest BCUT2D eigenvalue weighted by molar-refractivity contribution is 9.10. The second kappa shape index (κ2) is 1.78. The Kier molecular flexibility index (Phi) is 1.25. The van der Waals surface area contributed by atoms with E-state index in [1.807, 2.05) is 0 Å². The molecule has 0 spiro atoms. The van der Waals surface area contributed by atoms with Crippen LogP contribution in [0, 0.1) is 0 Å². The predicted molar refractivity (Wildman–Crippen MR) is 33.7 cm³/mol. The van der Waals surface area contributed by atoms with Gasteiger partial charge in [0.25, 0.3) is 5.56 Å². The van der Waals surface area contributed by atoms with Gasteiger partial charge in [0, 0.05) is 13.2 Å². The van der Waals surface area contributed by atoms with Gasteiger partial charge in [0.2, 0.25) is 0 Å². The van der Waals surface area contributed by atoms with Gasteiger partial charge in [0.05, 0.1) is 0 Å². The molecule has 1 aromatic heterocycles. The van der Waals surface area contributed by atoms with Crippen LogP contribution in [0.2, 0.25) is 0 Å². The highest BCUT2D eigenvalue weighted by atomic mass is 79.9. The van der Waals surface area contributed by atoms with Gasteiger partial charge in [-0.2, -0.15) is 0 Å². The van der Waals surface area contributed by atoms with E-state index in [2.05, 4.69) is 21.0 Å². The second-order valence-electron chi connectivity index (χ2n) is 1.49. The monoisotopic (exact) mass is 176 g/mol. The van der Waals surface area contributed by atoms with E-state index in [1.165, 1.54) is 4.68 Å². The molecular weight excluding hydrogens is 172 g/mol. The topological polar surface area (TPSA) is 37.8 Å². The average Bonchev–Trinajstić information content (AvgIpc) is 1.98. The maximum absolute atomic E-state index is 10.7. The first-order valence-corrected chi connectivity index (χ1v) is 2.91. The average molecular weight is 177 g/mol. The molecule has 0 radical (unpaired) electrons. The summed E-state index contributed by atoms with van der Waals surface area (Å²) in [7, 11) is 1.66. The summed E-state index contributed by atoms with van der Waals surface area (Å²) in [4.78, 5) is 10.7. The first kappa shape index (κ1) is 5.62. The van der Waals surface area contributed by atoms with Crippen LogP contribution in [0.1, 0.15) is 0 Å². The summed E-state index contributed by atoms with van der Waals surface area (Å²) < 4.78 is 1.96. The molecule has 0 saturated heterocycles. The van der Waals surface area contributed by atoms with Crippen molar-refractivity contribution < 1.29 is 0 Å². The van der Waals surface area contributed by atoms with E-state index in [-0.39, 0.29) is 5.56 Å². The van der Waals surface area contributed by atoms with Crippen LogP contribution in [0.3, 0.4) is 0 Å². The van der Waals surface area contributed by atoms with Crippen LogP contribution < -0.4 is 5.56 Å². The Morgan fingerprint density at radius 2 is 2.50 bits per heavy atom. The number of H-pyrrole nitrogens is 1. The maximum Gasteiger partial charge on any atom is 0.280 e. The molecule has 1 heterocycles. The van der Waals surface area contributed by atoms with Crippen molar-refractivity contribution >= 4 is 15.9 Å². The standard InChI is InChI=1S/C4H5BrN2O/c1-7-4(8)3(5)2-6-7/h2,6H,1H3. The highest BCUT2D eigenvalue weighted by Crippen LogP contribution is 1.96. The minimum absolute atomic E-state index is 0.0370. The van der Waals surface area contributed by atoms with Crippen LogP contribution in [-0.4, -0.2) is 9.78 Å². The second-order valence-corrected chi connectivity index (χ2v) is 2.34. The molecule has 1 N–H and O–H groups in total. The Balaban J connectivity index is 3.42. The van der Waals surface area contributed by atoms with E-state index in [4.69, 9.17) is 0 Å². The van der Waals surface area contributed by atoms with Gasteiger partial charge >= 0.3 is 0 Å². The molecule has 0 fully saturated rings. The molecule has 0 aliphatic rings. The molecule has 44 valence electrons. The fourth-order valence-corrected chi connectivity index (χ4v) is 0.802. The smallest absolute Gasteiger partial charge is 0.280 e. The Hall–Kier alpha value is -0.510. The zero-order valence-corrected chi connectivity index (χ0v) is 5.90. The number of aromatic amines is 1. The maximum atomic E-state index is 10.7. The Morgan fingerprint density at radius 1 is 1.88 bits per heavy atom. The molecule has 1 rings (SSSR count). The molecule has 0 amide bonds. The van der Waals surface area contributed by atoms with Gasteiger partial charge in [-0.15, -0.1) is 0 Å². The van der Waals surface area contributed by atoms with Crippen molar-refractivity contribution in [2.75, 3.05) is 0 Å². The third-order valence-electron chi connectivity index (χ3n) is 0.894. The van der Waals surface area contributed by atoms with E-state index in [1.54, 1.807) is 13.2 Å². The number of nitrogens with one attached hydrogen (secondary N) is 1. The zero-order chi connectivity index (χ0) is 6.15. The largest absolute Gasteiger partial charge is 0.302 e. The van der Waals surface area contributed by atoms with Crippen molar-refractivity contribution in [1.82, 2.24) is 9.78 Å². The summed E-state index contributed by atoms with van der Waals surface area (Å²) in [5.74, 6) is 0. The predicted octanol–water partition coefficient (Wildman–Crippen LogP) is 0.476. The zero-order valence-electron chi connectivity index (χ0n) is 4.31. The van der Waals surface area contributed by atoms with Crippen LogP contribution in [0.5, 0.6) is 0 Å². The third-order valence-corrected chi connectivity index (χ3v) is 1.46. The van der Waals surface area contributed by atoms with Gasteiger partial charge < -0.3 is 5.10 Å². The third kappa shape index (κ3) is 0.709. The summed E-state index contributed by atoms with van der Waals surface area (Å²) in [6, 6.07) is 0. The number of halogens is 1. The van der Waals surface area contributed by atoms with Gasteiger partial charge in [-0.1, -0.05) is 0 Å². The Labute approximate surface area is 54.4 Å². The molecule has 0 aliphatic heterocycles. The molecule has 0 aliphatic carbocycles. The van der Waals surface area contributed by atoms with Crippen molar-refractivity contribution in [2.45, 2.75) is 0 Å². The molecule has 4 heteroatoms. The van der Waals surface area contributed by atoms with E-state index in [9.17, 15) is 4.79 Å². The summed E-state index contributed by atoms with van der Waals surface area (Å²) in [5, 5.41) is 2.69. The minimum Gasteiger partial charge on any atom is -0.302 e. The number of aromatic nitrogens is 2. The summed E-state index contributed by atoms with van der Waals surface area (Å²) in [5.41, 5.74) is -0.0370. The Bertz CT molecular complexity index is 214. The Morgan fingerprint density at radius 3 is 2.62 bits per heavy atom. The van der Waals surface area contributed by atoms with Crippen LogP contribution in [0.15, 0.2) is 15.5 Å². The molecule has 8 heavy (non-hydrogen) atoms. The van der Waals surface area contributed by atoms with Gasteiger partial charge in [0.15, 0.2) is 0 Å². The van der Waals surface area contributed by atoms with E-state index >= 15 is 0 Å². The van der Waals surface area contributed by atoms with Gasteiger partial charge in [0.1, 0.15) is 4.47 Å². The highest BCUT2D eigenvalue weighted by Gasteiger charge is 1.94. The van der Waals surface area contributed by atoms with Crippen molar-refractivity contribution in [3.8, 4) is 0 Å². The first-order chi connectivity index (χ1) is 3.72. The molecule has 1 aromatic rings. The van der Waals surface area contributed by atoms with E-state index in [0.717, 1.165) is 0 Å². The van der Waals surface area contributed by atoms with Crippen molar-refractivity contribution in [2.24, 2.45) is 7.05 Å². The van der Waals surface area contributed by atoms with E-state index < -0.39 is 0 Å². The lowest BCUT2D eigenvalue weighted by molar-refractivity contribution is 0.739. The lowest BCUT2D eigenvalue weighted by atomic mass is 10.7. The lowest BCUT2D eigenvalue weighted by Crippen LogP contribution is -2.11.